The van der Waals surface area contributed by atoms with Gasteiger partial charge >= 0.3 is 11.9 Å². The van der Waals surface area contributed by atoms with Crippen LogP contribution in [-0.4, -0.2) is 71.9 Å². The van der Waals surface area contributed by atoms with Crippen LogP contribution in [0, 0.1) is 0 Å². The van der Waals surface area contributed by atoms with Gasteiger partial charge in [-0.2, -0.15) is 0 Å². The zero-order valence-corrected chi connectivity index (χ0v) is 17.1. The van der Waals surface area contributed by atoms with Gasteiger partial charge in [-0.25, -0.2) is 9.59 Å². The standard InChI is InChI=1S/C20H30N2O6/c1-5-11-27-19(25)9-7-17(23)21-13-16(4)22(14-15(21)3)18(24)8-10-20(26)28-12-6-2/h7-10,15-16H,5-6,11-14H2,1-4H3/b9-7+,10-8+/t15-,16-/m0/s1. The highest BCUT2D eigenvalue weighted by atomic mass is 16.5. The van der Waals surface area contributed by atoms with Gasteiger partial charge in [0.05, 0.1) is 13.2 Å². The highest BCUT2D eigenvalue weighted by Gasteiger charge is 2.33. The van der Waals surface area contributed by atoms with E-state index in [9.17, 15) is 19.2 Å². The van der Waals surface area contributed by atoms with Gasteiger partial charge < -0.3 is 19.3 Å². The van der Waals surface area contributed by atoms with E-state index in [2.05, 4.69) is 0 Å². The van der Waals surface area contributed by atoms with E-state index in [4.69, 9.17) is 9.47 Å². The van der Waals surface area contributed by atoms with Crippen LogP contribution in [0.1, 0.15) is 40.5 Å². The molecule has 0 aromatic rings. The van der Waals surface area contributed by atoms with Crippen molar-refractivity contribution < 1.29 is 28.7 Å². The Bertz CT molecular complexity index is 574. The number of nitrogens with zero attached hydrogens (tertiary/aromatic N) is 2. The number of carbonyl (C=O) groups is 4. The summed E-state index contributed by atoms with van der Waals surface area (Å²) in [6, 6.07) is -0.464. The third-order valence-corrected chi connectivity index (χ3v) is 4.17. The van der Waals surface area contributed by atoms with Crippen LogP contribution in [0.25, 0.3) is 0 Å². The Kier molecular flexibility index (Phi) is 9.98. The topological polar surface area (TPSA) is 93.2 Å². The van der Waals surface area contributed by atoms with Crippen LogP contribution in [0.15, 0.2) is 24.3 Å². The minimum absolute atomic E-state index is 0.232. The van der Waals surface area contributed by atoms with Gasteiger partial charge in [0.2, 0.25) is 11.8 Å². The minimum Gasteiger partial charge on any atom is -0.463 e. The van der Waals surface area contributed by atoms with Crippen LogP contribution in [0.3, 0.4) is 0 Å². The van der Waals surface area contributed by atoms with E-state index in [1.807, 2.05) is 27.7 Å². The Morgan fingerprint density at radius 2 is 1.11 bits per heavy atom. The molecule has 0 spiro atoms. The number of piperazine rings is 1. The first-order valence-corrected chi connectivity index (χ1v) is 9.60. The Labute approximate surface area is 166 Å². The molecule has 1 aliphatic heterocycles. The molecule has 2 amide bonds. The molecule has 0 aromatic heterocycles. The monoisotopic (exact) mass is 394 g/mol. The summed E-state index contributed by atoms with van der Waals surface area (Å²) in [5, 5.41) is 0. The van der Waals surface area contributed by atoms with Crippen molar-refractivity contribution in [1.82, 2.24) is 9.80 Å². The van der Waals surface area contributed by atoms with Gasteiger partial charge in [-0.15, -0.1) is 0 Å². The number of esters is 2. The molecule has 28 heavy (non-hydrogen) atoms. The van der Waals surface area contributed by atoms with Crippen molar-refractivity contribution in [2.24, 2.45) is 0 Å². The molecule has 1 fully saturated rings. The van der Waals surface area contributed by atoms with E-state index in [0.29, 0.717) is 39.1 Å². The summed E-state index contributed by atoms with van der Waals surface area (Å²) in [7, 11) is 0. The predicted octanol–water partition coefficient (Wildman–Crippen LogP) is 1.45. The molecule has 1 aliphatic rings. The largest absolute Gasteiger partial charge is 0.463 e. The van der Waals surface area contributed by atoms with Crippen molar-refractivity contribution in [3.05, 3.63) is 24.3 Å². The first-order chi connectivity index (χ1) is 13.3. The number of hydrogen-bond acceptors (Lipinski definition) is 6. The summed E-state index contributed by atoms with van der Waals surface area (Å²) in [5.41, 5.74) is 0. The number of ether oxygens (including phenoxy) is 2. The highest BCUT2D eigenvalue weighted by molar-refractivity contribution is 5.96. The van der Waals surface area contributed by atoms with Crippen LogP contribution in [-0.2, 0) is 28.7 Å². The lowest BCUT2D eigenvalue weighted by atomic mass is 10.1. The summed E-state index contributed by atoms with van der Waals surface area (Å²) in [5.74, 6) is -1.72. The van der Waals surface area contributed by atoms with Crippen molar-refractivity contribution in [1.29, 1.82) is 0 Å². The molecule has 1 heterocycles. The maximum atomic E-state index is 12.4. The van der Waals surface area contributed by atoms with Crippen molar-refractivity contribution in [2.45, 2.75) is 52.6 Å². The first kappa shape index (κ1) is 23.4. The summed E-state index contributed by atoms with van der Waals surface area (Å²) < 4.78 is 9.80. The fourth-order valence-electron chi connectivity index (χ4n) is 2.71. The molecule has 0 bridgehead atoms. The van der Waals surface area contributed by atoms with Crippen molar-refractivity contribution in [3.8, 4) is 0 Å². The van der Waals surface area contributed by atoms with Crippen LogP contribution in [0.2, 0.25) is 0 Å². The second kappa shape index (κ2) is 11.9. The molecule has 1 rings (SSSR count). The maximum absolute atomic E-state index is 12.4. The number of carbonyl (C=O) groups excluding carboxylic acids is 4. The summed E-state index contributed by atoms with van der Waals surface area (Å²) >= 11 is 0. The van der Waals surface area contributed by atoms with Crippen LogP contribution >= 0.6 is 0 Å². The molecule has 0 unspecified atom stereocenters. The van der Waals surface area contributed by atoms with E-state index in [0.717, 1.165) is 12.2 Å². The molecule has 2 atom stereocenters. The molecule has 0 aromatic carbocycles. The summed E-state index contributed by atoms with van der Waals surface area (Å²) in [6.45, 7) is 8.70. The highest BCUT2D eigenvalue weighted by Crippen LogP contribution is 2.16. The molecule has 0 saturated carbocycles. The molecule has 0 aliphatic carbocycles. The normalized spacial score (nSPS) is 19.9. The fraction of sp³-hybridized carbons (Fsp3) is 0.600. The zero-order chi connectivity index (χ0) is 21.1. The van der Waals surface area contributed by atoms with E-state index < -0.39 is 11.9 Å². The van der Waals surface area contributed by atoms with Gasteiger partial charge in [0, 0.05) is 49.5 Å². The van der Waals surface area contributed by atoms with E-state index >= 15 is 0 Å². The SMILES string of the molecule is CCCOC(=O)/C=C/C(=O)N1C[C@H](C)N(C(=O)/C=C/C(=O)OCCC)C[C@@H]1C. The molecule has 8 heteroatoms. The second-order valence-electron chi connectivity index (χ2n) is 6.68. The summed E-state index contributed by atoms with van der Waals surface area (Å²) in [4.78, 5) is 51.0. The Balaban J connectivity index is 2.63. The Morgan fingerprint density at radius 1 is 0.750 bits per heavy atom. The third kappa shape index (κ3) is 7.54. The lowest BCUT2D eigenvalue weighted by molar-refractivity contribution is -0.141. The molecule has 8 nitrogen and oxygen atoms in total. The van der Waals surface area contributed by atoms with Crippen molar-refractivity contribution in [2.75, 3.05) is 26.3 Å². The molecule has 1 saturated heterocycles. The number of hydrogen-bond donors (Lipinski definition) is 0. The van der Waals surface area contributed by atoms with E-state index in [1.54, 1.807) is 9.80 Å². The fourth-order valence-corrected chi connectivity index (χ4v) is 2.71. The quantitative estimate of drug-likeness (QED) is 0.457. The molecular formula is C20H30N2O6. The first-order valence-electron chi connectivity index (χ1n) is 9.60. The van der Waals surface area contributed by atoms with Crippen LogP contribution < -0.4 is 0 Å². The van der Waals surface area contributed by atoms with Gasteiger partial charge in [0.1, 0.15) is 0 Å². The van der Waals surface area contributed by atoms with Gasteiger partial charge in [-0.05, 0) is 26.7 Å². The zero-order valence-electron chi connectivity index (χ0n) is 17.1. The van der Waals surface area contributed by atoms with Crippen LogP contribution in [0.4, 0.5) is 0 Å². The Morgan fingerprint density at radius 3 is 1.43 bits per heavy atom. The number of amides is 2. The van der Waals surface area contributed by atoms with Crippen LogP contribution in [0.5, 0.6) is 0 Å². The average Bonchev–Trinajstić information content (AvgIpc) is 2.68. The smallest absolute Gasteiger partial charge is 0.330 e. The lowest BCUT2D eigenvalue weighted by Gasteiger charge is -2.43. The number of rotatable bonds is 8. The van der Waals surface area contributed by atoms with E-state index in [1.165, 1.54) is 12.2 Å². The summed E-state index contributed by atoms with van der Waals surface area (Å²) in [6.07, 6.45) is 6.06. The predicted molar refractivity (Wildman–Crippen MR) is 103 cm³/mol. The van der Waals surface area contributed by atoms with Crippen molar-refractivity contribution >= 4 is 23.8 Å². The minimum atomic E-state index is -0.551. The van der Waals surface area contributed by atoms with Gasteiger partial charge in [0.15, 0.2) is 0 Å². The molecular weight excluding hydrogens is 364 g/mol. The van der Waals surface area contributed by atoms with E-state index in [-0.39, 0.29) is 23.9 Å². The van der Waals surface area contributed by atoms with Gasteiger partial charge in [0.25, 0.3) is 0 Å². The maximum Gasteiger partial charge on any atom is 0.330 e. The molecule has 0 N–H and O–H groups in total. The third-order valence-electron chi connectivity index (χ3n) is 4.17. The lowest BCUT2D eigenvalue weighted by Crippen LogP contribution is -2.59. The van der Waals surface area contributed by atoms with Gasteiger partial charge in [-0.1, -0.05) is 13.8 Å². The Hall–Kier alpha value is -2.64. The molecule has 156 valence electrons. The van der Waals surface area contributed by atoms with Gasteiger partial charge in [-0.3, -0.25) is 9.59 Å². The molecule has 0 radical (unpaired) electrons. The van der Waals surface area contributed by atoms with Crippen molar-refractivity contribution in [3.63, 3.8) is 0 Å². The second-order valence-corrected chi connectivity index (χ2v) is 6.68. The average molecular weight is 394 g/mol.